The van der Waals surface area contributed by atoms with E-state index in [0.717, 1.165) is 0 Å². The number of carbonyl (C=O) groups excluding carboxylic acids is 1. The van der Waals surface area contributed by atoms with Gasteiger partial charge in [0.2, 0.25) is 0 Å². The minimum atomic E-state index is -0.549. The average Bonchev–Trinajstić information content (AvgIpc) is 2.08. The van der Waals surface area contributed by atoms with Gasteiger partial charge in [0.1, 0.15) is 11.3 Å². The van der Waals surface area contributed by atoms with E-state index < -0.39 is 5.97 Å². The lowest BCUT2D eigenvalue weighted by Crippen LogP contribution is -2.01. The quantitative estimate of drug-likeness (QED) is 0.638. The minimum Gasteiger partial charge on any atom is -0.507 e. The zero-order valence-electron chi connectivity index (χ0n) is 6.92. The topological polar surface area (TPSA) is 46.5 Å². The van der Waals surface area contributed by atoms with Crippen LogP contribution in [0.4, 0.5) is 0 Å². The number of benzene rings is 1. The van der Waals surface area contributed by atoms with E-state index in [-0.39, 0.29) is 11.3 Å². The molecular weight excluding hydrogens is 156 g/mol. The Morgan fingerprint density at radius 2 is 2.25 bits per heavy atom. The highest BCUT2D eigenvalue weighted by atomic mass is 16.5. The monoisotopic (exact) mass is 165 g/mol. The molecule has 3 heteroatoms. The molecule has 0 unspecified atom stereocenters. The Morgan fingerprint density at radius 3 is 2.83 bits per heavy atom. The molecule has 0 aliphatic rings. The summed E-state index contributed by atoms with van der Waals surface area (Å²) >= 11 is 0. The van der Waals surface area contributed by atoms with Gasteiger partial charge >= 0.3 is 5.97 Å². The van der Waals surface area contributed by atoms with E-state index in [1.807, 2.05) is 0 Å². The first-order chi connectivity index (χ1) is 5.66. The summed E-state index contributed by atoms with van der Waals surface area (Å²) in [5, 5.41) is 9.38. The summed E-state index contributed by atoms with van der Waals surface area (Å²) in [5.74, 6) is -0.590. The van der Waals surface area contributed by atoms with E-state index in [1.165, 1.54) is 13.2 Å². The summed E-state index contributed by atoms with van der Waals surface area (Å²) < 4.78 is 4.45. The van der Waals surface area contributed by atoms with Crippen LogP contribution >= 0.6 is 0 Å². The largest absolute Gasteiger partial charge is 0.507 e. The molecule has 63 valence electrons. The zero-order valence-corrected chi connectivity index (χ0v) is 6.92. The number of phenolic OH excluding ortho intramolecular Hbond substituents is 1. The highest BCUT2D eigenvalue weighted by molar-refractivity contribution is 5.92. The van der Waals surface area contributed by atoms with Crippen LogP contribution in [-0.2, 0) is 4.74 Å². The van der Waals surface area contributed by atoms with Crippen LogP contribution < -0.4 is 0 Å². The molecule has 1 radical (unpaired) electrons. The highest BCUT2D eigenvalue weighted by Gasteiger charge is 2.11. The van der Waals surface area contributed by atoms with Crippen molar-refractivity contribution in [1.29, 1.82) is 0 Å². The second-order valence-electron chi connectivity index (χ2n) is 2.39. The number of aromatic hydroxyl groups is 1. The first kappa shape index (κ1) is 8.59. The maximum absolute atomic E-state index is 11.0. The van der Waals surface area contributed by atoms with Gasteiger partial charge in [0.15, 0.2) is 0 Å². The predicted octanol–water partition coefficient (Wildman–Crippen LogP) is 1.29. The standard InChI is InChI=1S/C9H9O3/c1-6-4-3-5-7(8(6)10)9(11)12-2/h4-5,10H,1-2H3. The molecule has 1 N–H and O–H groups in total. The second-order valence-corrected chi connectivity index (χ2v) is 2.39. The third-order valence-electron chi connectivity index (χ3n) is 1.56. The Labute approximate surface area is 70.6 Å². The molecule has 0 heterocycles. The first-order valence-electron chi connectivity index (χ1n) is 3.44. The second kappa shape index (κ2) is 3.26. The fraction of sp³-hybridized carbons (Fsp3) is 0.222. The number of aryl methyl sites for hydroxylation is 1. The van der Waals surface area contributed by atoms with Crippen LogP contribution in [0.15, 0.2) is 12.1 Å². The Balaban J connectivity index is 3.16. The maximum Gasteiger partial charge on any atom is 0.341 e. The molecule has 0 amide bonds. The van der Waals surface area contributed by atoms with Crippen LogP contribution in [0.5, 0.6) is 5.75 Å². The Kier molecular flexibility index (Phi) is 2.33. The lowest BCUT2D eigenvalue weighted by Gasteiger charge is -2.03. The van der Waals surface area contributed by atoms with Crippen molar-refractivity contribution in [3.8, 4) is 5.75 Å². The summed E-state index contributed by atoms with van der Waals surface area (Å²) in [6.45, 7) is 1.69. The molecule has 1 aromatic rings. The van der Waals surface area contributed by atoms with E-state index in [0.29, 0.717) is 5.56 Å². The van der Waals surface area contributed by atoms with Crippen molar-refractivity contribution in [2.45, 2.75) is 6.92 Å². The SMILES string of the molecule is COC(=O)c1c[c]cc(C)c1O. The molecule has 1 aromatic carbocycles. The zero-order chi connectivity index (χ0) is 9.14. The van der Waals surface area contributed by atoms with Gasteiger partial charge in [-0.25, -0.2) is 4.79 Å². The fourth-order valence-corrected chi connectivity index (χ4v) is 0.865. The summed E-state index contributed by atoms with van der Waals surface area (Å²) in [7, 11) is 1.27. The Bertz CT molecular complexity index is 305. The molecule has 1 rings (SSSR count). The molecule has 0 spiro atoms. The lowest BCUT2D eigenvalue weighted by atomic mass is 10.1. The van der Waals surface area contributed by atoms with Gasteiger partial charge in [-0.05, 0) is 30.7 Å². The van der Waals surface area contributed by atoms with E-state index in [1.54, 1.807) is 13.0 Å². The summed E-state index contributed by atoms with van der Waals surface area (Å²) in [5.41, 5.74) is 0.760. The molecule has 3 nitrogen and oxygen atoms in total. The van der Waals surface area contributed by atoms with Crippen LogP contribution in [-0.4, -0.2) is 18.2 Å². The van der Waals surface area contributed by atoms with Gasteiger partial charge < -0.3 is 9.84 Å². The number of rotatable bonds is 1. The van der Waals surface area contributed by atoms with Gasteiger partial charge in [0, 0.05) is 0 Å². The van der Waals surface area contributed by atoms with Crippen LogP contribution in [0, 0.1) is 13.0 Å². The molecule has 12 heavy (non-hydrogen) atoms. The van der Waals surface area contributed by atoms with Crippen LogP contribution in [0.1, 0.15) is 15.9 Å². The third kappa shape index (κ3) is 1.39. The highest BCUT2D eigenvalue weighted by Crippen LogP contribution is 2.21. The lowest BCUT2D eigenvalue weighted by molar-refractivity contribution is 0.0597. The summed E-state index contributed by atoms with van der Waals surface area (Å²) in [6, 6.07) is 5.72. The van der Waals surface area contributed by atoms with Crippen LogP contribution in [0.2, 0.25) is 0 Å². The summed E-state index contributed by atoms with van der Waals surface area (Å²) in [6.07, 6.45) is 0. The van der Waals surface area contributed by atoms with Gasteiger partial charge in [-0.1, -0.05) is 0 Å². The molecule has 0 atom stereocenters. The molecular formula is C9H9O3. The molecule has 0 aliphatic heterocycles. The number of methoxy groups -OCH3 is 1. The molecule has 0 aliphatic carbocycles. The van der Waals surface area contributed by atoms with Gasteiger partial charge in [-0.15, -0.1) is 0 Å². The van der Waals surface area contributed by atoms with Gasteiger partial charge in [-0.3, -0.25) is 0 Å². The molecule has 0 saturated heterocycles. The van der Waals surface area contributed by atoms with Crippen molar-refractivity contribution in [3.63, 3.8) is 0 Å². The van der Waals surface area contributed by atoms with Crippen molar-refractivity contribution in [3.05, 3.63) is 29.3 Å². The maximum atomic E-state index is 11.0. The molecule has 0 fully saturated rings. The third-order valence-corrected chi connectivity index (χ3v) is 1.56. The van der Waals surface area contributed by atoms with Crippen molar-refractivity contribution < 1.29 is 14.6 Å². The molecule has 0 bridgehead atoms. The van der Waals surface area contributed by atoms with Crippen molar-refractivity contribution in [2.75, 3.05) is 7.11 Å². The van der Waals surface area contributed by atoms with Crippen LogP contribution in [0.3, 0.4) is 0 Å². The first-order valence-corrected chi connectivity index (χ1v) is 3.44. The number of carbonyl (C=O) groups is 1. The Morgan fingerprint density at radius 1 is 1.58 bits per heavy atom. The molecule has 0 saturated carbocycles. The number of ether oxygens (including phenoxy) is 1. The predicted molar refractivity (Wildman–Crippen MR) is 43.0 cm³/mol. The van der Waals surface area contributed by atoms with Crippen molar-refractivity contribution >= 4 is 5.97 Å². The average molecular weight is 165 g/mol. The van der Waals surface area contributed by atoms with E-state index in [2.05, 4.69) is 10.8 Å². The van der Waals surface area contributed by atoms with Gasteiger partial charge in [0.25, 0.3) is 0 Å². The smallest absolute Gasteiger partial charge is 0.341 e. The fourth-order valence-electron chi connectivity index (χ4n) is 0.865. The van der Waals surface area contributed by atoms with E-state index >= 15 is 0 Å². The normalized spacial score (nSPS) is 9.50. The molecule has 0 aromatic heterocycles. The Hall–Kier alpha value is -1.51. The number of hydrogen-bond donors (Lipinski definition) is 1. The van der Waals surface area contributed by atoms with E-state index in [9.17, 15) is 9.90 Å². The minimum absolute atomic E-state index is 0.0411. The number of phenols is 1. The summed E-state index contributed by atoms with van der Waals surface area (Å²) in [4.78, 5) is 11.0. The van der Waals surface area contributed by atoms with Gasteiger partial charge in [0.05, 0.1) is 7.11 Å². The van der Waals surface area contributed by atoms with Crippen LogP contribution in [0.25, 0.3) is 0 Å². The van der Waals surface area contributed by atoms with Crippen molar-refractivity contribution in [1.82, 2.24) is 0 Å². The number of esters is 1. The van der Waals surface area contributed by atoms with Crippen molar-refractivity contribution in [2.24, 2.45) is 0 Å². The van der Waals surface area contributed by atoms with Gasteiger partial charge in [-0.2, -0.15) is 0 Å². The number of hydrogen-bond acceptors (Lipinski definition) is 3. The van der Waals surface area contributed by atoms with E-state index in [4.69, 9.17) is 0 Å².